The lowest BCUT2D eigenvalue weighted by atomic mass is 9.94. The van der Waals surface area contributed by atoms with Gasteiger partial charge in [-0.2, -0.15) is 0 Å². The van der Waals surface area contributed by atoms with Gasteiger partial charge in [0.25, 0.3) is 0 Å². The van der Waals surface area contributed by atoms with E-state index in [1.165, 1.54) is 14.2 Å². The molecule has 3 N–H and O–H groups in total. The van der Waals surface area contributed by atoms with Gasteiger partial charge in [0.15, 0.2) is 5.78 Å². The standard InChI is InChI=1S/C32H42N4O8/c1-21(33-28(37)19-36-12-14-43-15-13-36)30(39)35-26(17-23-10-11-24(41-3)18-27(23)42-4)31(40)34-25(29(38)32(2)20-44-32)16-22-8-6-5-7-9-22/h5-11,18,21,25-26H,12-17,19-20H2,1-4H3,(H,33,37)(H,34,40)(H,35,39)/t21-,25?,26-,32+/m0/s1. The Bertz CT molecular complexity index is 1310. The van der Waals surface area contributed by atoms with Crippen molar-refractivity contribution in [2.45, 2.75) is 50.4 Å². The Morgan fingerprint density at radius 1 is 0.909 bits per heavy atom. The Balaban J connectivity index is 1.51. The molecule has 0 aromatic heterocycles. The predicted octanol–water partition coefficient (Wildman–Crippen LogP) is 0.654. The van der Waals surface area contributed by atoms with Gasteiger partial charge in [-0.25, -0.2) is 0 Å². The van der Waals surface area contributed by atoms with E-state index in [1.54, 1.807) is 32.0 Å². The van der Waals surface area contributed by atoms with E-state index in [9.17, 15) is 19.2 Å². The van der Waals surface area contributed by atoms with E-state index in [-0.39, 0.29) is 37.7 Å². The topological polar surface area (TPSA) is 148 Å². The summed E-state index contributed by atoms with van der Waals surface area (Å²) in [7, 11) is 3.04. The Morgan fingerprint density at radius 2 is 1.59 bits per heavy atom. The summed E-state index contributed by atoms with van der Waals surface area (Å²) in [6, 6.07) is 11.6. The number of nitrogens with zero attached hydrogens (tertiary/aromatic N) is 1. The minimum Gasteiger partial charge on any atom is -0.497 e. The minimum absolute atomic E-state index is 0.0548. The van der Waals surface area contributed by atoms with E-state index in [2.05, 4.69) is 16.0 Å². The van der Waals surface area contributed by atoms with Crippen LogP contribution in [0.4, 0.5) is 0 Å². The van der Waals surface area contributed by atoms with Crippen LogP contribution >= 0.6 is 0 Å². The van der Waals surface area contributed by atoms with E-state index in [0.717, 1.165) is 5.56 Å². The molecular weight excluding hydrogens is 568 g/mol. The van der Waals surface area contributed by atoms with Crippen molar-refractivity contribution in [2.75, 3.05) is 53.7 Å². The highest BCUT2D eigenvalue weighted by atomic mass is 16.6. The number of rotatable bonds is 15. The number of benzene rings is 2. The Labute approximate surface area is 257 Å². The zero-order valence-corrected chi connectivity index (χ0v) is 25.7. The second kappa shape index (κ2) is 15.1. The number of hydrogen-bond donors (Lipinski definition) is 3. The lowest BCUT2D eigenvalue weighted by Crippen LogP contribution is -2.57. The van der Waals surface area contributed by atoms with Crippen LogP contribution in [0.2, 0.25) is 0 Å². The first-order valence-corrected chi connectivity index (χ1v) is 14.7. The molecule has 3 amide bonds. The number of methoxy groups -OCH3 is 2. The van der Waals surface area contributed by atoms with Crippen molar-refractivity contribution in [3.63, 3.8) is 0 Å². The molecule has 12 heteroatoms. The van der Waals surface area contributed by atoms with Crippen molar-refractivity contribution in [2.24, 2.45) is 0 Å². The molecule has 0 bridgehead atoms. The highest BCUT2D eigenvalue weighted by molar-refractivity contribution is 5.98. The molecule has 0 aliphatic carbocycles. The molecule has 2 aliphatic heterocycles. The first-order valence-electron chi connectivity index (χ1n) is 14.7. The average molecular weight is 611 g/mol. The zero-order valence-electron chi connectivity index (χ0n) is 25.7. The summed E-state index contributed by atoms with van der Waals surface area (Å²) in [6.45, 7) is 6.03. The van der Waals surface area contributed by atoms with Crippen LogP contribution in [0.25, 0.3) is 0 Å². The molecule has 2 heterocycles. The molecule has 2 saturated heterocycles. The number of carbonyl (C=O) groups excluding carboxylic acids is 4. The monoisotopic (exact) mass is 610 g/mol. The Kier molecular flexibility index (Phi) is 11.3. The van der Waals surface area contributed by atoms with Gasteiger partial charge in [-0.15, -0.1) is 0 Å². The van der Waals surface area contributed by atoms with Crippen LogP contribution in [-0.2, 0) is 41.5 Å². The SMILES string of the molecule is COc1ccc(C[C@H](NC(=O)[C@H](C)NC(=O)CN2CCOCC2)C(=O)NC(Cc2ccccc2)C(=O)[C@@]2(C)CO2)c(OC)c1. The lowest BCUT2D eigenvalue weighted by molar-refractivity contribution is -0.134. The van der Waals surface area contributed by atoms with Gasteiger partial charge in [0.05, 0.1) is 46.6 Å². The first-order chi connectivity index (χ1) is 21.1. The van der Waals surface area contributed by atoms with Crippen molar-refractivity contribution < 1.29 is 38.1 Å². The molecule has 2 aromatic rings. The summed E-state index contributed by atoms with van der Waals surface area (Å²) < 4.78 is 21.6. The molecule has 2 fully saturated rings. The fourth-order valence-corrected chi connectivity index (χ4v) is 5.01. The summed E-state index contributed by atoms with van der Waals surface area (Å²) in [5.41, 5.74) is 0.537. The van der Waals surface area contributed by atoms with Gasteiger partial charge in [0.1, 0.15) is 29.2 Å². The summed E-state index contributed by atoms with van der Waals surface area (Å²) in [5.74, 6) is -0.611. The molecule has 1 unspecified atom stereocenters. The Hall–Kier alpha value is -4.00. The van der Waals surface area contributed by atoms with Crippen molar-refractivity contribution in [3.8, 4) is 11.5 Å². The summed E-state index contributed by atoms with van der Waals surface area (Å²) >= 11 is 0. The first kappa shape index (κ1) is 32.9. The number of Topliss-reactive ketones (excluding diaryl/α,β-unsaturated/α-hetero) is 1. The third kappa shape index (κ3) is 9.01. The van der Waals surface area contributed by atoms with E-state index in [0.29, 0.717) is 43.4 Å². The molecule has 44 heavy (non-hydrogen) atoms. The van der Waals surface area contributed by atoms with Gasteiger partial charge in [0.2, 0.25) is 17.7 Å². The number of morpholine rings is 1. The van der Waals surface area contributed by atoms with Crippen LogP contribution in [0, 0.1) is 0 Å². The smallest absolute Gasteiger partial charge is 0.243 e. The summed E-state index contributed by atoms with van der Waals surface area (Å²) in [4.78, 5) is 55.2. The largest absolute Gasteiger partial charge is 0.497 e. The third-order valence-corrected chi connectivity index (χ3v) is 7.81. The highest BCUT2D eigenvalue weighted by Gasteiger charge is 2.50. The third-order valence-electron chi connectivity index (χ3n) is 7.81. The number of ketones is 1. The van der Waals surface area contributed by atoms with Crippen molar-refractivity contribution in [1.82, 2.24) is 20.9 Å². The van der Waals surface area contributed by atoms with Crippen LogP contribution in [0.3, 0.4) is 0 Å². The van der Waals surface area contributed by atoms with E-state index in [4.69, 9.17) is 18.9 Å². The summed E-state index contributed by atoms with van der Waals surface area (Å²) in [5, 5.41) is 8.38. The number of nitrogens with one attached hydrogen (secondary N) is 3. The molecule has 2 aromatic carbocycles. The quantitative estimate of drug-likeness (QED) is 0.247. The molecule has 4 rings (SSSR count). The van der Waals surface area contributed by atoms with Gasteiger partial charge < -0.3 is 34.9 Å². The zero-order chi connectivity index (χ0) is 31.7. The van der Waals surface area contributed by atoms with Gasteiger partial charge >= 0.3 is 0 Å². The van der Waals surface area contributed by atoms with Crippen LogP contribution in [0.1, 0.15) is 25.0 Å². The number of hydrogen-bond acceptors (Lipinski definition) is 9. The number of amides is 3. The normalized spacial score (nSPS) is 20.0. The second-order valence-corrected chi connectivity index (χ2v) is 11.3. The van der Waals surface area contributed by atoms with Gasteiger partial charge in [-0.05, 0) is 37.5 Å². The summed E-state index contributed by atoms with van der Waals surface area (Å²) in [6.07, 6.45) is 0.310. The van der Waals surface area contributed by atoms with Crippen LogP contribution in [-0.4, -0.2) is 106 Å². The van der Waals surface area contributed by atoms with Crippen LogP contribution < -0.4 is 25.4 Å². The maximum absolute atomic E-state index is 13.9. The molecular formula is C32H42N4O8. The van der Waals surface area contributed by atoms with Gasteiger partial charge in [-0.1, -0.05) is 36.4 Å². The predicted molar refractivity (Wildman–Crippen MR) is 161 cm³/mol. The second-order valence-electron chi connectivity index (χ2n) is 11.3. The molecule has 238 valence electrons. The van der Waals surface area contributed by atoms with E-state index >= 15 is 0 Å². The van der Waals surface area contributed by atoms with Crippen molar-refractivity contribution in [1.29, 1.82) is 0 Å². The van der Waals surface area contributed by atoms with Crippen molar-refractivity contribution in [3.05, 3.63) is 59.7 Å². The lowest BCUT2D eigenvalue weighted by Gasteiger charge is -2.27. The number of epoxide rings is 1. The highest BCUT2D eigenvalue weighted by Crippen LogP contribution is 2.29. The van der Waals surface area contributed by atoms with E-state index in [1.807, 2.05) is 35.2 Å². The van der Waals surface area contributed by atoms with Crippen LogP contribution in [0.5, 0.6) is 11.5 Å². The van der Waals surface area contributed by atoms with Gasteiger partial charge in [-0.3, -0.25) is 24.1 Å². The molecule has 0 spiro atoms. The molecule has 0 radical (unpaired) electrons. The van der Waals surface area contributed by atoms with E-state index < -0.39 is 35.5 Å². The molecule has 12 nitrogen and oxygen atoms in total. The maximum Gasteiger partial charge on any atom is 0.243 e. The average Bonchev–Trinajstić information content (AvgIpc) is 3.79. The fourth-order valence-electron chi connectivity index (χ4n) is 5.01. The van der Waals surface area contributed by atoms with Gasteiger partial charge in [0, 0.05) is 25.6 Å². The molecule has 4 atom stereocenters. The van der Waals surface area contributed by atoms with Crippen LogP contribution in [0.15, 0.2) is 48.5 Å². The minimum atomic E-state index is -1.10. The van der Waals surface area contributed by atoms with Crippen molar-refractivity contribution >= 4 is 23.5 Å². The molecule has 2 aliphatic rings. The molecule has 0 saturated carbocycles. The maximum atomic E-state index is 13.9. The number of carbonyl (C=O) groups is 4. The number of ether oxygens (including phenoxy) is 4. The fraction of sp³-hybridized carbons (Fsp3) is 0.500. The Morgan fingerprint density at radius 3 is 2.23 bits per heavy atom.